The normalized spacial score (nSPS) is 15.9. The molecule has 4 nitrogen and oxygen atoms in total. The minimum atomic E-state index is 0.558. The second-order valence-corrected chi connectivity index (χ2v) is 8.82. The van der Waals surface area contributed by atoms with Crippen molar-refractivity contribution in [1.29, 1.82) is 0 Å². The Morgan fingerprint density at radius 1 is 0.967 bits per heavy atom. The molecule has 2 rings (SSSR count). The maximum absolute atomic E-state index is 5.91. The number of rotatable bonds is 17. The van der Waals surface area contributed by atoms with E-state index in [9.17, 15) is 0 Å². The highest BCUT2D eigenvalue weighted by molar-refractivity contribution is 5.27. The van der Waals surface area contributed by atoms with Crippen LogP contribution in [0.5, 0.6) is 5.75 Å². The van der Waals surface area contributed by atoms with Crippen LogP contribution in [0.15, 0.2) is 24.3 Å². The zero-order valence-corrected chi connectivity index (χ0v) is 19.7. The van der Waals surface area contributed by atoms with Gasteiger partial charge in [-0.25, -0.2) is 0 Å². The van der Waals surface area contributed by atoms with E-state index >= 15 is 0 Å². The van der Waals surface area contributed by atoms with Gasteiger partial charge in [-0.2, -0.15) is 0 Å². The van der Waals surface area contributed by atoms with E-state index in [1.807, 2.05) is 0 Å². The Balaban J connectivity index is 1.47. The van der Waals surface area contributed by atoms with Gasteiger partial charge in [0.25, 0.3) is 0 Å². The van der Waals surface area contributed by atoms with Crippen molar-refractivity contribution in [2.75, 3.05) is 46.0 Å². The molecule has 0 saturated carbocycles. The van der Waals surface area contributed by atoms with Crippen molar-refractivity contribution < 1.29 is 9.47 Å². The molecule has 0 spiro atoms. The molecule has 1 N–H and O–H groups in total. The molecule has 1 unspecified atom stereocenters. The standard InChI is InChI=1S/C26H46N2O2/c1-3-4-5-6-7-8-9-21-30-26-15-13-25(14-16-26)12-11-24(2)27-17-10-18-28-19-22-29-23-20-28/h13-16,24,27H,3-12,17-23H2,1-2H3. The van der Waals surface area contributed by atoms with E-state index in [0.29, 0.717) is 6.04 Å². The number of hydrogen-bond acceptors (Lipinski definition) is 4. The summed E-state index contributed by atoms with van der Waals surface area (Å²) in [7, 11) is 0. The first-order valence-corrected chi connectivity index (χ1v) is 12.5. The fourth-order valence-corrected chi connectivity index (χ4v) is 3.96. The Labute approximate surface area is 185 Å². The maximum atomic E-state index is 5.91. The largest absolute Gasteiger partial charge is 0.494 e. The highest BCUT2D eigenvalue weighted by Crippen LogP contribution is 2.15. The van der Waals surface area contributed by atoms with Crippen molar-refractivity contribution in [3.8, 4) is 5.75 Å². The van der Waals surface area contributed by atoms with Crippen LogP contribution in [-0.2, 0) is 11.2 Å². The van der Waals surface area contributed by atoms with E-state index in [2.05, 4.69) is 48.3 Å². The topological polar surface area (TPSA) is 33.7 Å². The Kier molecular flexibility index (Phi) is 13.9. The van der Waals surface area contributed by atoms with E-state index in [4.69, 9.17) is 9.47 Å². The minimum absolute atomic E-state index is 0.558. The van der Waals surface area contributed by atoms with Crippen molar-refractivity contribution in [3.05, 3.63) is 29.8 Å². The van der Waals surface area contributed by atoms with Crippen LogP contribution in [0.2, 0.25) is 0 Å². The maximum Gasteiger partial charge on any atom is 0.119 e. The zero-order chi connectivity index (χ0) is 21.3. The molecule has 1 heterocycles. The number of morpholine rings is 1. The fraction of sp³-hybridized carbons (Fsp3) is 0.769. The lowest BCUT2D eigenvalue weighted by molar-refractivity contribution is 0.0374. The van der Waals surface area contributed by atoms with E-state index in [1.54, 1.807) is 0 Å². The first-order chi connectivity index (χ1) is 14.8. The molecule has 0 amide bonds. The Bertz CT molecular complexity index is 514. The van der Waals surface area contributed by atoms with Crippen LogP contribution >= 0.6 is 0 Å². The summed E-state index contributed by atoms with van der Waals surface area (Å²) in [6.07, 6.45) is 12.8. The van der Waals surface area contributed by atoms with E-state index in [1.165, 1.54) is 69.9 Å². The van der Waals surface area contributed by atoms with Gasteiger partial charge in [0.2, 0.25) is 0 Å². The first kappa shape index (κ1) is 25.2. The number of ether oxygens (including phenoxy) is 2. The van der Waals surface area contributed by atoms with Crippen LogP contribution in [-0.4, -0.2) is 56.9 Å². The summed E-state index contributed by atoms with van der Waals surface area (Å²) in [5.41, 5.74) is 1.40. The molecule has 1 aliphatic rings. The van der Waals surface area contributed by atoms with Crippen LogP contribution in [0.1, 0.15) is 77.2 Å². The molecule has 30 heavy (non-hydrogen) atoms. The molecule has 1 atom stereocenters. The lowest BCUT2D eigenvalue weighted by Crippen LogP contribution is -2.38. The number of hydrogen-bond donors (Lipinski definition) is 1. The average Bonchev–Trinajstić information content (AvgIpc) is 2.78. The van der Waals surface area contributed by atoms with E-state index < -0.39 is 0 Å². The van der Waals surface area contributed by atoms with Gasteiger partial charge in [0, 0.05) is 19.1 Å². The molecule has 1 saturated heterocycles. The van der Waals surface area contributed by atoms with Gasteiger partial charge >= 0.3 is 0 Å². The van der Waals surface area contributed by atoms with E-state index in [-0.39, 0.29) is 0 Å². The number of benzene rings is 1. The smallest absolute Gasteiger partial charge is 0.119 e. The highest BCUT2D eigenvalue weighted by atomic mass is 16.5. The molecule has 4 heteroatoms. The van der Waals surface area contributed by atoms with Crippen molar-refractivity contribution >= 4 is 0 Å². The summed E-state index contributed by atoms with van der Waals surface area (Å²) in [6, 6.07) is 9.28. The summed E-state index contributed by atoms with van der Waals surface area (Å²) in [5, 5.41) is 3.68. The number of unbranched alkanes of at least 4 members (excludes halogenated alkanes) is 6. The van der Waals surface area contributed by atoms with Gasteiger partial charge in [-0.05, 0) is 63.4 Å². The number of nitrogens with one attached hydrogen (secondary N) is 1. The Morgan fingerprint density at radius 2 is 1.67 bits per heavy atom. The van der Waals surface area contributed by atoms with Crippen molar-refractivity contribution in [1.82, 2.24) is 10.2 Å². The number of aryl methyl sites for hydroxylation is 1. The van der Waals surface area contributed by atoms with Crippen LogP contribution in [0.25, 0.3) is 0 Å². The third-order valence-corrected chi connectivity index (χ3v) is 6.05. The molecular weight excluding hydrogens is 372 g/mol. The minimum Gasteiger partial charge on any atom is -0.494 e. The molecule has 0 bridgehead atoms. The summed E-state index contributed by atoms with van der Waals surface area (Å²) < 4.78 is 11.3. The summed E-state index contributed by atoms with van der Waals surface area (Å²) in [5.74, 6) is 1.01. The van der Waals surface area contributed by atoms with Gasteiger partial charge in [-0.3, -0.25) is 4.90 Å². The van der Waals surface area contributed by atoms with Gasteiger partial charge in [-0.1, -0.05) is 57.6 Å². The number of nitrogens with zero attached hydrogens (tertiary/aromatic N) is 1. The molecule has 172 valence electrons. The molecule has 1 aromatic carbocycles. The van der Waals surface area contributed by atoms with Gasteiger partial charge in [-0.15, -0.1) is 0 Å². The van der Waals surface area contributed by atoms with Crippen LogP contribution in [0.4, 0.5) is 0 Å². The molecule has 1 aliphatic heterocycles. The monoisotopic (exact) mass is 418 g/mol. The molecule has 1 fully saturated rings. The Hall–Kier alpha value is -1.10. The molecule has 0 radical (unpaired) electrons. The van der Waals surface area contributed by atoms with Crippen molar-refractivity contribution in [3.63, 3.8) is 0 Å². The SMILES string of the molecule is CCCCCCCCCOc1ccc(CCC(C)NCCCN2CCOCC2)cc1. The van der Waals surface area contributed by atoms with Crippen LogP contribution < -0.4 is 10.1 Å². The predicted octanol–water partition coefficient (Wildman–Crippen LogP) is 5.45. The molecular formula is C26H46N2O2. The second-order valence-electron chi connectivity index (χ2n) is 8.82. The second kappa shape index (κ2) is 16.6. The van der Waals surface area contributed by atoms with Crippen LogP contribution in [0.3, 0.4) is 0 Å². The fourth-order valence-electron chi connectivity index (χ4n) is 3.96. The average molecular weight is 419 g/mol. The molecule has 0 aromatic heterocycles. The lowest BCUT2D eigenvalue weighted by Gasteiger charge is -2.26. The molecule has 1 aromatic rings. The van der Waals surface area contributed by atoms with Gasteiger partial charge in [0.15, 0.2) is 0 Å². The Morgan fingerprint density at radius 3 is 2.40 bits per heavy atom. The van der Waals surface area contributed by atoms with Crippen molar-refractivity contribution in [2.45, 2.75) is 84.1 Å². The molecule has 0 aliphatic carbocycles. The third-order valence-electron chi connectivity index (χ3n) is 6.05. The summed E-state index contributed by atoms with van der Waals surface area (Å²) >= 11 is 0. The predicted molar refractivity (Wildman–Crippen MR) is 128 cm³/mol. The lowest BCUT2D eigenvalue weighted by atomic mass is 10.1. The van der Waals surface area contributed by atoms with Gasteiger partial charge < -0.3 is 14.8 Å². The zero-order valence-electron chi connectivity index (χ0n) is 19.7. The quantitative estimate of drug-likeness (QED) is 0.341. The first-order valence-electron chi connectivity index (χ1n) is 12.5. The van der Waals surface area contributed by atoms with Gasteiger partial charge in [0.1, 0.15) is 5.75 Å². The summed E-state index contributed by atoms with van der Waals surface area (Å²) in [6.45, 7) is 11.7. The van der Waals surface area contributed by atoms with Crippen molar-refractivity contribution in [2.24, 2.45) is 0 Å². The van der Waals surface area contributed by atoms with E-state index in [0.717, 1.165) is 51.6 Å². The summed E-state index contributed by atoms with van der Waals surface area (Å²) in [4.78, 5) is 2.51. The highest BCUT2D eigenvalue weighted by Gasteiger charge is 2.09. The third kappa shape index (κ3) is 11.9. The van der Waals surface area contributed by atoms with Crippen LogP contribution in [0, 0.1) is 0 Å². The van der Waals surface area contributed by atoms with Gasteiger partial charge in [0.05, 0.1) is 19.8 Å².